The Kier molecular flexibility index (Phi) is 3.39. The molecule has 1 aliphatic rings. The van der Waals surface area contributed by atoms with Gasteiger partial charge in [-0.3, -0.25) is 9.88 Å². The van der Waals surface area contributed by atoms with Crippen LogP contribution in [0, 0.1) is 6.92 Å². The van der Waals surface area contributed by atoms with Crippen molar-refractivity contribution in [3.05, 3.63) is 46.2 Å². The molecule has 0 radical (unpaired) electrons. The number of aryl methyl sites for hydroxylation is 1. The van der Waals surface area contributed by atoms with Crippen LogP contribution >= 0.6 is 11.3 Å². The number of thiazole rings is 1. The second kappa shape index (κ2) is 5.16. The summed E-state index contributed by atoms with van der Waals surface area (Å²) in [5.74, 6) is 0. The van der Waals surface area contributed by atoms with Crippen molar-refractivity contribution >= 4 is 11.3 Å². The molecule has 0 spiro atoms. The summed E-state index contributed by atoms with van der Waals surface area (Å²) in [5, 5.41) is 0. The third kappa shape index (κ3) is 2.31. The zero-order valence-electron chi connectivity index (χ0n) is 10.5. The van der Waals surface area contributed by atoms with Crippen LogP contribution in [-0.2, 0) is 6.54 Å². The van der Waals surface area contributed by atoms with Crippen molar-refractivity contribution in [3.63, 3.8) is 0 Å². The van der Waals surface area contributed by atoms with E-state index in [0.717, 1.165) is 6.54 Å². The van der Waals surface area contributed by atoms with Gasteiger partial charge in [0, 0.05) is 29.9 Å². The lowest BCUT2D eigenvalue weighted by Crippen LogP contribution is -2.22. The lowest BCUT2D eigenvalue weighted by atomic mass is 10.1. The predicted molar refractivity (Wildman–Crippen MR) is 73.5 cm³/mol. The van der Waals surface area contributed by atoms with E-state index in [1.807, 2.05) is 24.0 Å². The average molecular weight is 259 g/mol. The van der Waals surface area contributed by atoms with Crippen LogP contribution in [0.5, 0.6) is 0 Å². The number of nitrogens with zero attached hydrogens (tertiary/aromatic N) is 3. The van der Waals surface area contributed by atoms with E-state index in [9.17, 15) is 0 Å². The highest BCUT2D eigenvalue weighted by Gasteiger charge is 2.26. The van der Waals surface area contributed by atoms with Gasteiger partial charge in [0.15, 0.2) is 0 Å². The molecule has 0 bridgehead atoms. The molecule has 1 fully saturated rings. The van der Waals surface area contributed by atoms with Crippen LogP contribution in [0.3, 0.4) is 0 Å². The van der Waals surface area contributed by atoms with E-state index in [1.54, 1.807) is 11.3 Å². The summed E-state index contributed by atoms with van der Waals surface area (Å²) in [4.78, 5) is 12.5. The van der Waals surface area contributed by atoms with E-state index in [4.69, 9.17) is 0 Å². The van der Waals surface area contributed by atoms with Gasteiger partial charge in [-0.05, 0) is 37.9 Å². The van der Waals surface area contributed by atoms with Crippen molar-refractivity contribution in [1.82, 2.24) is 14.9 Å². The van der Waals surface area contributed by atoms with Crippen molar-refractivity contribution in [3.8, 4) is 0 Å². The quantitative estimate of drug-likeness (QED) is 0.847. The minimum absolute atomic E-state index is 0.528. The summed E-state index contributed by atoms with van der Waals surface area (Å²) in [6.07, 6.45) is 6.36. The number of hydrogen-bond acceptors (Lipinski definition) is 4. The monoisotopic (exact) mass is 259 g/mol. The van der Waals surface area contributed by atoms with E-state index >= 15 is 0 Å². The first-order valence-corrected chi connectivity index (χ1v) is 7.25. The number of aromatic nitrogens is 2. The van der Waals surface area contributed by atoms with Gasteiger partial charge < -0.3 is 0 Å². The van der Waals surface area contributed by atoms with E-state index in [0.29, 0.717) is 6.04 Å². The van der Waals surface area contributed by atoms with E-state index in [1.165, 1.54) is 35.5 Å². The summed E-state index contributed by atoms with van der Waals surface area (Å²) in [7, 11) is 0. The van der Waals surface area contributed by atoms with Gasteiger partial charge in [-0.1, -0.05) is 6.07 Å². The first kappa shape index (κ1) is 11.8. The summed E-state index contributed by atoms with van der Waals surface area (Å²) in [5.41, 5.74) is 4.47. The molecule has 1 aliphatic heterocycles. The first-order valence-electron chi connectivity index (χ1n) is 6.37. The molecule has 0 amide bonds. The molecule has 1 saturated heterocycles. The highest BCUT2D eigenvalue weighted by molar-refractivity contribution is 7.09. The first-order chi connectivity index (χ1) is 8.84. The molecule has 2 aromatic rings. The Morgan fingerprint density at radius 1 is 1.50 bits per heavy atom. The molecule has 0 aromatic carbocycles. The molecule has 3 rings (SSSR count). The fourth-order valence-electron chi connectivity index (χ4n) is 2.63. The molecule has 94 valence electrons. The van der Waals surface area contributed by atoms with Gasteiger partial charge in [0.2, 0.25) is 0 Å². The van der Waals surface area contributed by atoms with Crippen molar-refractivity contribution in [2.24, 2.45) is 0 Å². The third-order valence-corrected chi connectivity index (χ3v) is 4.54. The molecular weight excluding hydrogens is 242 g/mol. The summed E-state index contributed by atoms with van der Waals surface area (Å²) < 4.78 is 0. The molecule has 3 nitrogen and oxygen atoms in total. The van der Waals surface area contributed by atoms with Crippen LogP contribution in [-0.4, -0.2) is 21.4 Å². The molecule has 0 aliphatic carbocycles. The number of pyridine rings is 1. The lowest BCUT2D eigenvalue weighted by molar-refractivity contribution is 0.250. The predicted octanol–water partition coefficient (Wildman–Crippen LogP) is 3.18. The molecular formula is C14H17N3S. The number of hydrogen-bond donors (Lipinski definition) is 0. The van der Waals surface area contributed by atoms with Crippen molar-refractivity contribution in [2.75, 3.05) is 6.54 Å². The second-order valence-corrected chi connectivity index (χ2v) is 5.72. The van der Waals surface area contributed by atoms with Gasteiger partial charge >= 0.3 is 0 Å². The van der Waals surface area contributed by atoms with Gasteiger partial charge in [0.05, 0.1) is 11.2 Å². The molecule has 3 heterocycles. The van der Waals surface area contributed by atoms with Crippen molar-refractivity contribution in [2.45, 2.75) is 32.4 Å². The van der Waals surface area contributed by atoms with E-state index < -0.39 is 0 Å². The lowest BCUT2D eigenvalue weighted by Gasteiger charge is -2.24. The van der Waals surface area contributed by atoms with Crippen LogP contribution in [0.1, 0.15) is 35.0 Å². The number of rotatable bonds is 3. The Hall–Kier alpha value is -1.26. The minimum atomic E-state index is 0.528. The molecule has 0 N–H and O–H groups in total. The Morgan fingerprint density at radius 2 is 2.44 bits per heavy atom. The van der Waals surface area contributed by atoms with Crippen LogP contribution in [0.15, 0.2) is 30.0 Å². The Morgan fingerprint density at radius 3 is 3.17 bits per heavy atom. The topological polar surface area (TPSA) is 29.0 Å². The second-order valence-electron chi connectivity index (χ2n) is 4.78. The summed E-state index contributed by atoms with van der Waals surface area (Å²) >= 11 is 1.77. The zero-order chi connectivity index (χ0) is 12.4. The molecule has 0 saturated carbocycles. The summed E-state index contributed by atoms with van der Waals surface area (Å²) in [6, 6.07) is 4.75. The molecule has 1 atom stereocenters. The Balaban J connectivity index is 1.78. The largest absolute Gasteiger partial charge is 0.291 e. The van der Waals surface area contributed by atoms with Gasteiger partial charge in [-0.2, -0.15) is 0 Å². The molecule has 4 heteroatoms. The standard InChI is InChI=1S/C14H17N3S/c1-11-14(18-10-16-11)9-17-7-3-5-13(17)12-4-2-6-15-8-12/h2,4,6,8,10,13H,3,5,7,9H2,1H3. The van der Waals surface area contributed by atoms with Gasteiger partial charge in [0.25, 0.3) is 0 Å². The van der Waals surface area contributed by atoms with Gasteiger partial charge in [0.1, 0.15) is 0 Å². The van der Waals surface area contributed by atoms with Crippen molar-refractivity contribution in [1.29, 1.82) is 0 Å². The third-order valence-electron chi connectivity index (χ3n) is 3.62. The molecule has 1 unspecified atom stereocenters. The van der Waals surface area contributed by atoms with Crippen LogP contribution in [0.2, 0.25) is 0 Å². The van der Waals surface area contributed by atoms with E-state index in [2.05, 4.69) is 27.9 Å². The zero-order valence-corrected chi connectivity index (χ0v) is 11.4. The average Bonchev–Trinajstić information content (AvgIpc) is 3.01. The fourth-order valence-corrected chi connectivity index (χ4v) is 3.43. The highest BCUT2D eigenvalue weighted by Crippen LogP contribution is 2.33. The van der Waals surface area contributed by atoms with E-state index in [-0.39, 0.29) is 0 Å². The highest BCUT2D eigenvalue weighted by atomic mass is 32.1. The molecule has 18 heavy (non-hydrogen) atoms. The minimum Gasteiger partial charge on any atom is -0.291 e. The summed E-state index contributed by atoms with van der Waals surface area (Å²) in [6.45, 7) is 4.30. The normalized spacial score (nSPS) is 20.4. The Bertz CT molecular complexity index is 509. The van der Waals surface area contributed by atoms with Crippen molar-refractivity contribution < 1.29 is 0 Å². The molecule has 2 aromatic heterocycles. The van der Waals surface area contributed by atoms with Crippen LogP contribution < -0.4 is 0 Å². The maximum absolute atomic E-state index is 4.34. The fraction of sp³-hybridized carbons (Fsp3) is 0.429. The maximum Gasteiger partial charge on any atom is 0.0798 e. The van der Waals surface area contributed by atoms with Crippen LogP contribution in [0.25, 0.3) is 0 Å². The maximum atomic E-state index is 4.34. The smallest absolute Gasteiger partial charge is 0.0798 e. The number of likely N-dealkylation sites (tertiary alicyclic amines) is 1. The van der Waals surface area contributed by atoms with Gasteiger partial charge in [-0.15, -0.1) is 11.3 Å². The SMILES string of the molecule is Cc1ncsc1CN1CCCC1c1cccnc1. The Labute approximate surface area is 112 Å². The van der Waals surface area contributed by atoms with Crippen LogP contribution in [0.4, 0.5) is 0 Å². The van der Waals surface area contributed by atoms with Gasteiger partial charge in [-0.25, -0.2) is 4.98 Å².